The summed E-state index contributed by atoms with van der Waals surface area (Å²) in [5.74, 6) is 0. The molecule has 0 aliphatic rings. The highest BCUT2D eigenvalue weighted by atomic mass is 35.5. The highest BCUT2D eigenvalue weighted by Gasteiger charge is 1.76. The number of ether oxygens (including phenoxy) is 1. The van der Waals surface area contributed by atoms with Crippen molar-refractivity contribution in [3.8, 4) is 0 Å². The van der Waals surface area contributed by atoms with Gasteiger partial charge in [-0.15, -0.1) is 12.4 Å². The van der Waals surface area contributed by atoms with E-state index in [2.05, 4.69) is 4.74 Å². The van der Waals surface area contributed by atoms with Crippen molar-refractivity contribution in [1.82, 2.24) is 11.0 Å². The highest BCUT2D eigenvalue weighted by Crippen LogP contribution is 1.58. The first-order chi connectivity index (χ1) is 3.41. The second kappa shape index (κ2) is 10.1. The molecule has 0 rings (SSSR count). The smallest absolute Gasteiger partial charge is 0.121 e. The second-order valence-electron chi connectivity index (χ2n) is 0.809. The summed E-state index contributed by atoms with van der Waals surface area (Å²) >= 11 is 0. The summed E-state index contributed by atoms with van der Waals surface area (Å²) in [6.07, 6.45) is 0. The quantitative estimate of drug-likeness (QED) is 0.239. The Morgan fingerprint density at radius 2 is 1.50 bits per heavy atom. The molecule has 0 heterocycles. The molecule has 0 amide bonds. The number of hydroxylamine groups is 2. The lowest BCUT2D eigenvalue weighted by Crippen LogP contribution is -2.19. The number of nitrogens with one attached hydrogen (secondary N) is 2. The van der Waals surface area contributed by atoms with E-state index in [1.54, 1.807) is 11.0 Å². The monoisotopic (exact) mass is 144 g/mol. The van der Waals surface area contributed by atoms with Crippen LogP contribution in [-0.2, 0) is 4.74 Å². The van der Waals surface area contributed by atoms with Gasteiger partial charge in [0.1, 0.15) is 13.5 Å². The average Bonchev–Trinajstić information content (AvgIpc) is 1.69. The average molecular weight is 145 g/mol. The summed E-state index contributed by atoms with van der Waals surface area (Å²) in [5.41, 5.74) is 3.46. The van der Waals surface area contributed by atoms with E-state index in [4.69, 9.17) is 10.4 Å². The van der Waals surface area contributed by atoms with E-state index in [-0.39, 0.29) is 25.9 Å². The first kappa shape index (κ1) is 11.0. The molecule has 0 bridgehead atoms. The Labute approximate surface area is 53.0 Å². The van der Waals surface area contributed by atoms with Crippen LogP contribution in [0.25, 0.3) is 0 Å². The Balaban J connectivity index is 0. The maximum absolute atomic E-state index is 7.81. The lowest BCUT2D eigenvalue weighted by Gasteiger charge is -1.96. The molecule has 0 aliphatic heterocycles. The Kier molecular flexibility index (Phi) is 13.9. The lowest BCUT2D eigenvalue weighted by atomic mass is 11.2. The van der Waals surface area contributed by atoms with Gasteiger partial charge in [0.25, 0.3) is 0 Å². The van der Waals surface area contributed by atoms with Gasteiger partial charge in [0.15, 0.2) is 0 Å². The zero-order chi connectivity index (χ0) is 5.54. The molecule has 0 radical (unpaired) electrons. The van der Waals surface area contributed by atoms with Gasteiger partial charge in [-0.25, -0.2) is 0 Å². The van der Waals surface area contributed by atoms with Crippen LogP contribution in [0.1, 0.15) is 0 Å². The van der Waals surface area contributed by atoms with Gasteiger partial charge in [0.05, 0.1) is 0 Å². The summed E-state index contributed by atoms with van der Waals surface area (Å²) in [6.45, 7) is 0.0150. The SMILES string of the molecule is Cl.ONCOCNO. The van der Waals surface area contributed by atoms with Gasteiger partial charge in [-0.3, -0.25) is 0 Å². The molecule has 8 heavy (non-hydrogen) atoms. The number of halogens is 1. The fourth-order valence-corrected chi connectivity index (χ4v) is 0.142. The fourth-order valence-electron chi connectivity index (χ4n) is 0.142. The summed E-state index contributed by atoms with van der Waals surface area (Å²) in [7, 11) is 0. The molecule has 4 N–H and O–H groups in total. The minimum atomic E-state index is 0. The zero-order valence-electron chi connectivity index (χ0n) is 4.13. The number of hydrogen-bond donors (Lipinski definition) is 4. The van der Waals surface area contributed by atoms with Crippen molar-refractivity contribution in [3.05, 3.63) is 0 Å². The van der Waals surface area contributed by atoms with Crippen LogP contribution in [0, 0.1) is 0 Å². The van der Waals surface area contributed by atoms with E-state index < -0.39 is 0 Å². The molecular formula is C2H9ClN2O3. The fraction of sp³-hybridized carbons (Fsp3) is 1.00. The normalized spacial score (nSPS) is 8.25. The third-order valence-corrected chi connectivity index (χ3v) is 0.333. The molecule has 6 heteroatoms. The van der Waals surface area contributed by atoms with Crippen molar-refractivity contribution in [2.75, 3.05) is 13.5 Å². The summed E-state index contributed by atoms with van der Waals surface area (Å²) in [6, 6.07) is 0. The van der Waals surface area contributed by atoms with Gasteiger partial charge in [-0.05, 0) is 0 Å². The van der Waals surface area contributed by atoms with E-state index in [9.17, 15) is 0 Å². The molecule has 0 fully saturated rings. The molecule has 0 saturated carbocycles. The maximum atomic E-state index is 7.81. The molecule has 0 aromatic carbocycles. The second-order valence-corrected chi connectivity index (χ2v) is 0.809. The minimum absolute atomic E-state index is 0. The van der Waals surface area contributed by atoms with Gasteiger partial charge >= 0.3 is 0 Å². The maximum Gasteiger partial charge on any atom is 0.121 e. The van der Waals surface area contributed by atoms with Crippen molar-refractivity contribution >= 4 is 12.4 Å². The molecule has 0 atom stereocenters. The molecule has 0 aromatic rings. The van der Waals surface area contributed by atoms with Crippen LogP contribution in [0.3, 0.4) is 0 Å². The Bertz CT molecular complexity index is 34.5. The highest BCUT2D eigenvalue weighted by molar-refractivity contribution is 5.85. The van der Waals surface area contributed by atoms with Crippen LogP contribution in [0.2, 0.25) is 0 Å². The van der Waals surface area contributed by atoms with Gasteiger partial charge in [0, 0.05) is 0 Å². The predicted molar refractivity (Wildman–Crippen MR) is 27.9 cm³/mol. The van der Waals surface area contributed by atoms with Crippen LogP contribution < -0.4 is 11.0 Å². The predicted octanol–water partition coefficient (Wildman–Crippen LogP) is -0.703. The minimum Gasteiger partial charge on any atom is -0.347 e. The standard InChI is InChI=1S/C2H8N2O3.ClH/c5-3-1-7-2-4-6;/h3-6H,1-2H2;1H. The van der Waals surface area contributed by atoms with Crippen LogP contribution in [0.15, 0.2) is 0 Å². The van der Waals surface area contributed by atoms with E-state index in [1.165, 1.54) is 0 Å². The van der Waals surface area contributed by atoms with Crippen LogP contribution in [0.5, 0.6) is 0 Å². The van der Waals surface area contributed by atoms with Crippen molar-refractivity contribution in [3.63, 3.8) is 0 Å². The molecular weight excluding hydrogens is 135 g/mol. The van der Waals surface area contributed by atoms with Crippen molar-refractivity contribution in [2.45, 2.75) is 0 Å². The molecule has 0 unspecified atom stereocenters. The topological polar surface area (TPSA) is 73.8 Å². The van der Waals surface area contributed by atoms with Crippen molar-refractivity contribution in [2.24, 2.45) is 0 Å². The van der Waals surface area contributed by atoms with Gasteiger partial charge in [0.2, 0.25) is 0 Å². The first-order valence-corrected chi connectivity index (χ1v) is 1.73. The lowest BCUT2D eigenvalue weighted by molar-refractivity contribution is -0.0253. The van der Waals surface area contributed by atoms with Crippen LogP contribution in [0.4, 0.5) is 0 Å². The molecule has 0 aliphatic carbocycles. The summed E-state index contributed by atoms with van der Waals surface area (Å²) in [4.78, 5) is 0. The number of hydrogen-bond acceptors (Lipinski definition) is 5. The van der Waals surface area contributed by atoms with E-state index in [0.29, 0.717) is 0 Å². The van der Waals surface area contributed by atoms with Gasteiger partial charge in [-0.1, -0.05) is 0 Å². The molecule has 52 valence electrons. The van der Waals surface area contributed by atoms with Gasteiger partial charge in [-0.2, -0.15) is 11.0 Å². The Morgan fingerprint density at radius 1 is 1.12 bits per heavy atom. The summed E-state index contributed by atoms with van der Waals surface area (Å²) < 4.78 is 4.41. The largest absolute Gasteiger partial charge is 0.347 e. The third-order valence-electron chi connectivity index (χ3n) is 0.333. The zero-order valence-corrected chi connectivity index (χ0v) is 4.94. The Hall–Kier alpha value is 0.0900. The Morgan fingerprint density at radius 3 is 1.75 bits per heavy atom. The molecule has 0 saturated heterocycles. The van der Waals surface area contributed by atoms with Crippen LogP contribution in [-0.4, -0.2) is 23.9 Å². The van der Waals surface area contributed by atoms with Gasteiger partial charge < -0.3 is 15.2 Å². The van der Waals surface area contributed by atoms with Crippen molar-refractivity contribution in [1.29, 1.82) is 0 Å². The molecule has 0 aromatic heterocycles. The summed E-state index contributed by atoms with van der Waals surface area (Å²) in [5, 5.41) is 15.6. The van der Waals surface area contributed by atoms with Crippen molar-refractivity contribution < 1.29 is 15.2 Å². The van der Waals surface area contributed by atoms with Crippen LogP contribution >= 0.6 is 12.4 Å². The van der Waals surface area contributed by atoms with E-state index >= 15 is 0 Å². The molecule has 5 nitrogen and oxygen atoms in total. The van der Waals surface area contributed by atoms with E-state index in [0.717, 1.165) is 0 Å². The third kappa shape index (κ3) is 9.43. The first-order valence-electron chi connectivity index (χ1n) is 1.73. The van der Waals surface area contributed by atoms with E-state index in [1.807, 2.05) is 0 Å². The number of rotatable bonds is 4. The molecule has 0 spiro atoms.